The van der Waals surface area contributed by atoms with Crippen molar-refractivity contribution in [2.24, 2.45) is 40.4 Å². The Morgan fingerprint density at radius 1 is 1.17 bits per heavy atom. The largest absolute Gasteiger partial charge is 0.462 e. The van der Waals surface area contributed by atoms with Gasteiger partial charge in [-0.05, 0) is 91.8 Å². The van der Waals surface area contributed by atoms with Gasteiger partial charge in [-0.3, -0.25) is 4.79 Å². The highest BCUT2D eigenvalue weighted by Crippen LogP contribution is 2.67. The summed E-state index contributed by atoms with van der Waals surface area (Å²) in [5.41, 5.74) is 2.45. The van der Waals surface area contributed by atoms with Crippen molar-refractivity contribution < 1.29 is 14.3 Å². The highest BCUT2D eigenvalue weighted by molar-refractivity contribution is 5.66. The number of hydrogen-bond donors (Lipinski definition) is 0. The van der Waals surface area contributed by atoms with Crippen LogP contribution in [0.3, 0.4) is 0 Å². The number of rotatable bonds is 5. The van der Waals surface area contributed by atoms with Crippen molar-refractivity contribution in [1.29, 1.82) is 0 Å². The fourth-order valence-corrected chi connectivity index (χ4v) is 8.44. The van der Waals surface area contributed by atoms with Gasteiger partial charge in [-0.1, -0.05) is 32.4 Å². The van der Waals surface area contributed by atoms with Crippen LogP contribution < -0.4 is 0 Å². The molecule has 0 aromatic carbocycles. The lowest BCUT2D eigenvalue weighted by Crippen LogP contribution is -2.51. The summed E-state index contributed by atoms with van der Waals surface area (Å²) >= 11 is 0. The monoisotopic (exact) mass is 402 g/mol. The molecule has 0 saturated heterocycles. The quantitative estimate of drug-likeness (QED) is 0.407. The molecule has 0 heterocycles. The van der Waals surface area contributed by atoms with E-state index in [0.717, 1.165) is 49.0 Å². The number of methoxy groups -OCH3 is 1. The molecular weight excluding hydrogens is 360 g/mol. The van der Waals surface area contributed by atoms with Gasteiger partial charge in [0.05, 0.1) is 0 Å². The summed E-state index contributed by atoms with van der Waals surface area (Å²) < 4.78 is 11.0. The molecule has 4 aliphatic carbocycles. The molecule has 0 spiro atoms. The number of carbonyl (C=O) groups is 1. The first kappa shape index (κ1) is 21.4. The number of ether oxygens (including phenoxy) is 2. The Bertz CT molecular complexity index is 654. The van der Waals surface area contributed by atoms with Crippen LogP contribution in [0, 0.1) is 40.4 Å². The van der Waals surface area contributed by atoms with Crippen molar-refractivity contribution in [2.45, 2.75) is 91.6 Å². The molecule has 3 saturated carbocycles. The van der Waals surface area contributed by atoms with Gasteiger partial charge in [-0.15, -0.1) is 0 Å². The molecule has 4 aliphatic rings. The molecule has 0 aliphatic heterocycles. The number of esters is 1. The van der Waals surface area contributed by atoms with E-state index in [0.29, 0.717) is 10.8 Å². The van der Waals surface area contributed by atoms with E-state index >= 15 is 0 Å². The molecule has 3 heteroatoms. The van der Waals surface area contributed by atoms with Gasteiger partial charge in [0.25, 0.3) is 0 Å². The van der Waals surface area contributed by atoms with Gasteiger partial charge in [0, 0.05) is 27.1 Å². The van der Waals surface area contributed by atoms with E-state index < -0.39 is 0 Å². The van der Waals surface area contributed by atoms with Gasteiger partial charge in [-0.2, -0.15) is 0 Å². The van der Waals surface area contributed by atoms with Crippen LogP contribution >= 0.6 is 0 Å². The molecule has 29 heavy (non-hydrogen) atoms. The Balaban J connectivity index is 1.52. The molecule has 0 bridgehead atoms. The molecule has 3 fully saturated rings. The van der Waals surface area contributed by atoms with Crippen LogP contribution in [0.2, 0.25) is 0 Å². The Kier molecular flexibility index (Phi) is 5.92. The standard InChI is InChI=1S/C26H42O3/c1-17(12-15-28-5)22-8-9-23-21-7-6-19-16-20(29-18(2)27)10-13-25(19,3)24(21)11-14-26(22,23)4/h6,17,20-24H,7-16H2,1-5H3/t17-,20+,21?,22-,23?,24?,25+,26-/m1/s1. The van der Waals surface area contributed by atoms with Crippen molar-refractivity contribution in [3.8, 4) is 0 Å². The number of carbonyl (C=O) groups excluding carboxylic acids is 1. The SMILES string of the molecule is COCC[C@@H](C)[C@H]1CCC2C3CC=C4C[C@@H](OC(C)=O)CC[C@]4(C)C3CC[C@@]21C. The lowest BCUT2D eigenvalue weighted by Gasteiger charge is -2.58. The smallest absolute Gasteiger partial charge is 0.302 e. The molecule has 0 radical (unpaired) electrons. The predicted octanol–water partition coefficient (Wildman–Crippen LogP) is 6.17. The summed E-state index contributed by atoms with van der Waals surface area (Å²) in [7, 11) is 1.83. The van der Waals surface area contributed by atoms with Crippen LogP contribution in [0.5, 0.6) is 0 Å². The molecule has 3 nitrogen and oxygen atoms in total. The summed E-state index contributed by atoms with van der Waals surface area (Å²) in [6.07, 6.45) is 14.0. The third kappa shape index (κ3) is 3.60. The highest BCUT2D eigenvalue weighted by Gasteiger charge is 2.59. The summed E-state index contributed by atoms with van der Waals surface area (Å²) in [6.45, 7) is 10.1. The van der Waals surface area contributed by atoms with Crippen LogP contribution in [0.4, 0.5) is 0 Å². The zero-order valence-corrected chi connectivity index (χ0v) is 19.3. The third-order valence-corrected chi connectivity index (χ3v) is 9.93. The maximum Gasteiger partial charge on any atom is 0.302 e. The summed E-state index contributed by atoms with van der Waals surface area (Å²) in [5.74, 6) is 4.07. The van der Waals surface area contributed by atoms with Crippen molar-refractivity contribution in [2.75, 3.05) is 13.7 Å². The Morgan fingerprint density at radius 3 is 2.69 bits per heavy atom. The van der Waals surface area contributed by atoms with Crippen molar-refractivity contribution >= 4 is 5.97 Å². The minimum Gasteiger partial charge on any atom is -0.462 e. The normalized spacial score (nSPS) is 44.9. The van der Waals surface area contributed by atoms with Crippen LogP contribution in [0.1, 0.15) is 85.5 Å². The van der Waals surface area contributed by atoms with Crippen LogP contribution in [0.15, 0.2) is 11.6 Å². The summed E-state index contributed by atoms with van der Waals surface area (Å²) in [5, 5.41) is 0. The van der Waals surface area contributed by atoms with Gasteiger partial charge >= 0.3 is 5.97 Å². The lowest BCUT2D eigenvalue weighted by atomic mass is 9.47. The van der Waals surface area contributed by atoms with Crippen molar-refractivity contribution in [1.82, 2.24) is 0 Å². The maximum absolute atomic E-state index is 11.4. The molecule has 8 atom stereocenters. The van der Waals surface area contributed by atoms with Crippen molar-refractivity contribution in [3.63, 3.8) is 0 Å². The molecule has 3 unspecified atom stereocenters. The van der Waals surface area contributed by atoms with Crippen LogP contribution in [-0.2, 0) is 14.3 Å². The van der Waals surface area contributed by atoms with Crippen LogP contribution in [-0.4, -0.2) is 25.8 Å². The summed E-state index contributed by atoms with van der Waals surface area (Å²) in [4.78, 5) is 11.4. The van der Waals surface area contributed by atoms with E-state index in [-0.39, 0.29) is 12.1 Å². The fourth-order valence-electron chi connectivity index (χ4n) is 8.44. The average molecular weight is 403 g/mol. The first-order valence-electron chi connectivity index (χ1n) is 12.1. The highest BCUT2D eigenvalue weighted by atomic mass is 16.5. The number of fused-ring (bicyclic) bond motifs is 5. The first-order valence-corrected chi connectivity index (χ1v) is 12.1. The van der Waals surface area contributed by atoms with E-state index in [1.54, 1.807) is 12.5 Å². The molecular formula is C26H42O3. The molecule has 164 valence electrons. The van der Waals surface area contributed by atoms with E-state index in [1.807, 2.05) is 7.11 Å². The fraction of sp³-hybridized carbons (Fsp3) is 0.885. The van der Waals surface area contributed by atoms with E-state index in [2.05, 4.69) is 26.8 Å². The van der Waals surface area contributed by atoms with Crippen molar-refractivity contribution in [3.05, 3.63) is 11.6 Å². The molecule has 0 aromatic heterocycles. The van der Waals surface area contributed by atoms with E-state index in [1.165, 1.54) is 44.9 Å². The number of allylic oxidation sites excluding steroid dienone is 1. The third-order valence-electron chi connectivity index (χ3n) is 9.93. The van der Waals surface area contributed by atoms with Gasteiger partial charge in [-0.25, -0.2) is 0 Å². The molecule has 0 amide bonds. The first-order chi connectivity index (χ1) is 13.8. The predicted molar refractivity (Wildman–Crippen MR) is 116 cm³/mol. The second-order valence-electron chi connectivity index (χ2n) is 11.2. The van der Waals surface area contributed by atoms with Gasteiger partial charge in [0.2, 0.25) is 0 Å². The lowest BCUT2D eigenvalue weighted by molar-refractivity contribution is -0.148. The summed E-state index contributed by atoms with van der Waals surface area (Å²) in [6, 6.07) is 0. The Hall–Kier alpha value is -0.830. The maximum atomic E-state index is 11.4. The van der Waals surface area contributed by atoms with E-state index in [9.17, 15) is 4.79 Å². The zero-order chi connectivity index (χ0) is 20.8. The van der Waals surface area contributed by atoms with Gasteiger partial charge in [0.15, 0.2) is 0 Å². The Morgan fingerprint density at radius 2 is 1.97 bits per heavy atom. The van der Waals surface area contributed by atoms with E-state index in [4.69, 9.17) is 9.47 Å². The second-order valence-corrected chi connectivity index (χ2v) is 11.2. The average Bonchev–Trinajstić information content (AvgIpc) is 3.03. The molecule has 4 rings (SSSR count). The van der Waals surface area contributed by atoms with Gasteiger partial charge in [0.1, 0.15) is 6.10 Å². The van der Waals surface area contributed by atoms with Crippen LogP contribution in [0.25, 0.3) is 0 Å². The minimum absolute atomic E-state index is 0.106. The topological polar surface area (TPSA) is 35.5 Å². The number of hydrogen-bond acceptors (Lipinski definition) is 3. The Labute approximate surface area is 178 Å². The molecule has 0 N–H and O–H groups in total. The zero-order valence-electron chi connectivity index (χ0n) is 19.3. The molecule has 0 aromatic rings. The van der Waals surface area contributed by atoms with Gasteiger partial charge < -0.3 is 9.47 Å². The second kappa shape index (κ2) is 8.02. The minimum atomic E-state index is -0.124.